The lowest BCUT2D eigenvalue weighted by molar-refractivity contribution is -1.02. The summed E-state index contributed by atoms with van der Waals surface area (Å²) in [6.45, 7) is 10.3. The van der Waals surface area contributed by atoms with Crippen LogP contribution >= 0.6 is 0 Å². The van der Waals surface area contributed by atoms with Gasteiger partial charge in [-0.2, -0.15) is 0 Å². The molecule has 118 valence electrons. The largest absolute Gasteiger partial charge is 0.325 e. The van der Waals surface area contributed by atoms with E-state index in [0.717, 1.165) is 17.8 Å². The number of allylic oxidation sites excluding steroid dienone is 2. The monoisotopic (exact) mass is 298 g/mol. The average molecular weight is 298 g/mol. The highest BCUT2D eigenvalue weighted by Gasteiger charge is 2.38. The van der Waals surface area contributed by atoms with E-state index in [2.05, 4.69) is 43.3 Å². The van der Waals surface area contributed by atoms with Crippen molar-refractivity contribution in [2.75, 3.05) is 32.7 Å². The van der Waals surface area contributed by atoms with E-state index >= 15 is 0 Å². The fraction of sp³-hybridized carbons (Fsp3) is 0.600. The molecule has 1 aliphatic heterocycles. The number of piperazine rings is 1. The molecule has 3 atom stereocenters. The Morgan fingerprint density at radius 2 is 1.82 bits per heavy atom. The summed E-state index contributed by atoms with van der Waals surface area (Å²) >= 11 is 0. The maximum Gasteiger partial charge on any atom is 0.127 e. The maximum atomic E-state index is 2.51. The predicted octanol–water partition coefficient (Wildman–Crippen LogP) is 0.491. The van der Waals surface area contributed by atoms with Crippen LogP contribution in [0.5, 0.6) is 0 Å². The number of aryl methyl sites for hydroxylation is 1. The zero-order chi connectivity index (χ0) is 14.9. The Hall–Kier alpha value is -1.12. The zero-order valence-corrected chi connectivity index (χ0v) is 13.9. The van der Waals surface area contributed by atoms with Crippen LogP contribution in [0.3, 0.4) is 0 Å². The van der Waals surface area contributed by atoms with Crippen molar-refractivity contribution in [3.05, 3.63) is 47.5 Å². The summed E-state index contributed by atoms with van der Waals surface area (Å²) in [5.74, 6) is 2.85. The third-order valence-electron chi connectivity index (χ3n) is 6.17. The van der Waals surface area contributed by atoms with Gasteiger partial charge in [0, 0.05) is 11.5 Å². The second-order valence-corrected chi connectivity index (χ2v) is 7.91. The molecule has 1 saturated heterocycles. The van der Waals surface area contributed by atoms with E-state index in [4.69, 9.17) is 0 Å². The molecule has 4 rings (SSSR count). The van der Waals surface area contributed by atoms with Gasteiger partial charge in [0.1, 0.15) is 32.7 Å². The molecule has 2 heteroatoms. The standard InChI is InChI=1S/C20H28N2/c1-16-3-2-4-18(11-16)14-21-7-9-22(10-8-21)15-20-13-17-5-6-19(20)12-17/h2-6,11,17,19-20H,7-10,12-15H2,1H3/p+2/t17-,19+,20-/m1/s1. The van der Waals surface area contributed by atoms with Gasteiger partial charge in [-0.05, 0) is 31.6 Å². The average Bonchev–Trinajstić information content (AvgIpc) is 3.12. The third-order valence-corrected chi connectivity index (χ3v) is 6.17. The van der Waals surface area contributed by atoms with Gasteiger partial charge in [-0.3, -0.25) is 0 Å². The van der Waals surface area contributed by atoms with Crippen molar-refractivity contribution in [3.63, 3.8) is 0 Å². The molecule has 0 spiro atoms. The number of fused-ring (bicyclic) bond motifs is 2. The first-order chi connectivity index (χ1) is 10.8. The summed E-state index contributed by atoms with van der Waals surface area (Å²) in [7, 11) is 0. The van der Waals surface area contributed by atoms with Gasteiger partial charge in [0.25, 0.3) is 0 Å². The van der Waals surface area contributed by atoms with Crippen LogP contribution in [0.25, 0.3) is 0 Å². The molecule has 22 heavy (non-hydrogen) atoms. The molecular formula is C20H30N2+2. The van der Waals surface area contributed by atoms with Crippen LogP contribution in [0.4, 0.5) is 0 Å². The molecule has 1 aromatic carbocycles. The van der Waals surface area contributed by atoms with Gasteiger partial charge in [-0.1, -0.05) is 42.0 Å². The van der Waals surface area contributed by atoms with Crippen LogP contribution in [0.2, 0.25) is 0 Å². The number of hydrogen-bond donors (Lipinski definition) is 2. The van der Waals surface area contributed by atoms with E-state index in [1.807, 2.05) is 4.90 Å². The molecule has 1 aromatic rings. The summed E-state index contributed by atoms with van der Waals surface area (Å²) in [6.07, 6.45) is 7.92. The molecule has 2 bridgehead atoms. The highest BCUT2D eigenvalue weighted by Crippen LogP contribution is 2.42. The SMILES string of the molecule is Cc1cccc(C[NH+]2CC[NH+](C[C@H]3C[C@@H]4C=C[C@H]3C4)CC2)c1. The van der Waals surface area contributed by atoms with Crippen molar-refractivity contribution < 1.29 is 9.80 Å². The Bertz CT molecular complexity index is 542. The number of nitrogens with one attached hydrogen (secondary N) is 2. The van der Waals surface area contributed by atoms with Crippen LogP contribution in [0.15, 0.2) is 36.4 Å². The van der Waals surface area contributed by atoms with Crippen molar-refractivity contribution >= 4 is 0 Å². The minimum absolute atomic E-state index is 0.926. The van der Waals surface area contributed by atoms with E-state index in [1.165, 1.54) is 63.2 Å². The number of hydrogen-bond acceptors (Lipinski definition) is 0. The minimum Gasteiger partial charge on any atom is -0.325 e. The predicted molar refractivity (Wildman–Crippen MR) is 90.0 cm³/mol. The summed E-state index contributed by atoms with van der Waals surface area (Å²) in [6, 6.07) is 9.05. The third kappa shape index (κ3) is 3.13. The fourth-order valence-corrected chi connectivity index (χ4v) is 4.95. The summed E-state index contributed by atoms with van der Waals surface area (Å²) in [5, 5.41) is 0. The van der Waals surface area contributed by atoms with Crippen LogP contribution in [-0.2, 0) is 6.54 Å². The van der Waals surface area contributed by atoms with Crippen molar-refractivity contribution in [2.24, 2.45) is 17.8 Å². The minimum atomic E-state index is 0.926. The molecule has 2 N–H and O–H groups in total. The van der Waals surface area contributed by atoms with Gasteiger partial charge in [0.15, 0.2) is 0 Å². The number of benzene rings is 1. The normalized spacial score (nSPS) is 36.9. The van der Waals surface area contributed by atoms with Crippen molar-refractivity contribution in [2.45, 2.75) is 26.3 Å². The second kappa shape index (κ2) is 6.17. The van der Waals surface area contributed by atoms with E-state index in [0.29, 0.717) is 0 Å². The van der Waals surface area contributed by atoms with Gasteiger partial charge in [-0.15, -0.1) is 0 Å². The topological polar surface area (TPSA) is 8.88 Å². The molecule has 2 nitrogen and oxygen atoms in total. The first kappa shape index (κ1) is 14.5. The Morgan fingerprint density at radius 3 is 2.50 bits per heavy atom. The van der Waals surface area contributed by atoms with Gasteiger partial charge in [-0.25, -0.2) is 0 Å². The Balaban J connectivity index is 1.25. The smallest absolute Gasteiger partial charge is 0.127 e. The van der Waals surface area contributed by atoms with Crippen LogP contribution in [0.1, 0.15) is 24.0 Å². The van der Waals surface area contributed by atoms with E-state index in [-0.39, 0.29) is 0 Å². The number of rotatable bonds is 4. The molecule has 3 aliphatic rings. The van der Waals surface area contributed by atoms with Crippen molar-refractivity contribution in [1.29, 1.82) is 0 Å². The van der Waals surface area contributed by atoms with Gasteiger partial charge in [0.2, 0.25) is 0 Å². The van der Waals surface area contributed by atoms with Crippen LogP contribution in [0, 0.1) is 24.7 Å². The molecule has 2 fully saturated rings. The molecule has 2 aliphatic carbocycles. The lowest BCUT2D eigenvalue weighted by Crippen LogP contribution is -3.27. The highest BCUT2D eigenvalue weighted by atomic mass is 15.3. The quantitative estimate of drug-likeness (QED) is 0.749. The summed E-state index contributed by atoms with van der Waals surface area (Å²) in [5.41, 5.74) is 2.90. The van der Waals surface area contributed by atoms with Crippen molar-refractivity contribution in [1.82, 2.24) is 0 Å². The summed E-state index contributed by atoms with van der Waals surface area (Å²) in [4.78, 5) is 3.65. The maximum absolute atomic E-state index is 2.51. The van der Waals surface area contributed by atoms with E-state index in [1.54, 1.807) is 4.90 Å². The number of quaternary nitrogens is 2. The van der Waals surface area contributed by atoms with Gasteiger partial charge in [0.05, 0.1) is 6.54 Å². The second-order valence-electron chi connectivity index (χ2n) is 7.91. The fourth-order valence-electron chi connectivity index (χ4n) is 4.95. The lowest BCUT2D eigenvalue weighted by atomic mass is 9.93. The Labute approximate surface area is 134 Å². The van der Waals surface area contributed by atoms with Crippen LogP contribution in [-0.4, -0.2) is 32.7 Å². The van der Waals surface area contributed by atoms with Crippen LogP contribution < -0.4 is 9.80 Å². The highest BCUT2D eigenvalue weighted by molar-refractivity contribution is 5.21. The van der Waals surface area contributed by atoms with E-state index < -0.39 is 0 Å². The molecule has 0 unspecified atom stereocenters. The molecular weight excluding hydrogens is 268 g/mol. The molecule has 0 aromatic heterocycles. The van der Waals surface area contributed by atoms with Crippen molar-refractivity contribution in [3.8, 4) is 0 Å². The van der Waals surface area contributed by atoms with Gasteiger partial charge < -0.3 is 9.80 Å². The molecule has 0 amide bonds. The van der Waals surface area contributed by atoms with Gasteiger partial charge >= 0.3 is 0 Å². The zero-order valence-electron chi connectivity index (χ0n) is 13.9. The lowest BCUT2D eigenvalue weighted by Gasteiger charge is -2.32. The first-order valence-corrected chi connectivity index (χ1v) is 9.17. The summed E-state index contributed by atoms with van der Waals surface area (Å²) < 4.78 is 0. The Kier molecular flexibility index (Phi) is 4.06. The Morgan fingerprint density at radius 1 is 1.00 bits per heavy atom. The van der Waals surface area contributed by atoms with E-state index in [9.17, 15) is 0 Å². The molecule has 1 saturated carbocycles. The molecule has 0 radical (unpaired) electrons. The first-order valence-electron chi connectivity index (χ1n) is 9.17. The molecule has 1 heterocycles.